The number of ether oxygens (including phenoxy) is 1. The van der Waals surface area contributed by atoms with Gasteiger partial charge in [-0.2, -0.15) is 0 Å². The van der Waals surface area contributed by atoms with E-state index in [2.05, 4.69) is 15.5 Å². The van der Waals surface area contributed by atoms with Crippen molar-refractivity contribution >= 4 is 35.3 Å². The van der Waals surface area contributed by atoms with E-state index in [1.165, 1.54) is 11.8 Å². The first-order chi connectivity index (χ1) is 12.4. The number of carbonyl (C=O) groups excluding carboxylic acids is 2. The lowest BCUT2D eigenvalue weighted by atomic mass is 10.2. The van der Waals surface area contributed by atoms with E-state index in [9.17, 15) is 9.59 Å². The van der Waals surface area contributed by atoms with Crippen LogP contribution in [-0.4, -0.2) is 45.7 Å². The van der Waals surface area contributed by atoms with Gasteiger partial charge in [0, 0.05) is 30.8 Å². The van der Waals surface area contributed by atoms with Crippen LogP contribution in [-0.2, 0) is 16.1 Å². The molecule has 3 N–H and O–H groups in total. The fourth-order valence-corrected chi connectivity index (χ4v) is 3.19. The number of hydrogen-bond donors (Lipinski definition) is 2. The Balaban J connectivity index is 2.26. The van der Waals surface area contributed by atoms with Crippen LogP contribution in [0.2, 0.25) is 5.02 Å². The molecule has 2 rings (SSSR count). The molecule has 0 unspecified atom stereocenters. The molecule has 0 aliphatic rings. The molecule has 0 saturated carbocycles. The second-order valence-corrected chi connectivity index (χ2v) is 7.17. The standard InChI is InChI=1S/C16H20ClN5O3S/c1-10(14(23)19-15(18)24)26-16-21-20-13(22(16)8-3-9-25-2)11-4-6-12(17)7-5-11/h4-7,10H,3,8-9H2,1-2H3,(H3,18,19,23,24)/t10-/m0/s1. The van der Waals surface area contributed by atoms with Gasteiger partial charge in [-0.25, -0.2) is 4.79 Å². The van der Waals surface area contributed by atoms with Crippen molar-refractivity contribution in [2.45, 2.75) is 30.3 Å². The normalized spacial score (nSPS) is 12.0. The Morgan fingerprint density at radius 3 is 2.65 bits per heavy atom. The van der Waals surface area contributed by atoms with Gasteiger partial charge in [0.05, 0.1) is 5.25 Å². The van der Waals surface area contributed by atoms with Crippen LogP contribution in [0.4, 0.5) is 4.79 Å². The molecule has 0 spiro atoms. The number of imide groups is 1. The van der Waals surface area contributed by atoms with Gasteiger partial charge >= 0.3 is 6.03 Å². The number of aromatic nitrogens is 3. The number of thioether (sulfide) groups is 1. The van der Waals surface area contributed by atoms with Crippen molar-refractivity contribution in [1.29, 1.82) is 0 Å². The van der Waals surface area contributed by atoms with Gasteiger partial charge in [0.1, 0.15) is 0 Å². The number of methoxy groups -OCH3 is 1. The Labute approximate surface area is 160 Å². The summed E-state index contributed by atoms with van der Waals surface area (Å²) in [5.41, 5.74) is 5.85. The summed E-state index contributed by atoms with van der Waals surface area (Å²) in [6, 6.07) is 6.39. The number of urea groups is 1. The van der Waals surface area contributed by atoms with Crippen molar-refractivity contribution in [3.8, 4) is 11.4 Å². The highest BCUT2D eigenvalue weighted by atomic mass is 35.5. The van der Waals surface area contributed by atoms with Crippen LogP contribution in [0.25, 0.3) is 11.4 Å². The van der Waals surface area contributed by atoms with Crippen LogP contribution in [0.3, 0.4) is 0 Å². The van der Waals surface area contributed by atoms with E-state index < -0.39 is 17.2 Å². The molecule has 1 aromatic heterocycles. The maximum atomic E-state index is 11.9. The minimum Gasteiger partial charge on any atom is -0.385 e. The summed E-state index contributed by atoms with van der Waals surface area (Å²) in [7, 11) is 1.64. The molecule has 0 saturated heterocycles. The van der Waals surface area contributed by atoms with Crippen molar-refractivity contribution in [3.05, 3.63) is 29.3 Å². The van der Waals surface area contributed by atoms with E-state index in [1.807, 2.05) is 16.7 Å². The van der Waals surface area contributed by atoms with Crippen LogP contribution >= 0.6 is 23.4 Å². The van der Waals surface area contributed by atoms with Gasteiger partial charge in [0.2, 0.25) is 5.91 Å². The molecule has 8 nitrogen and oxygen atoms in total. The molecule has 0 aliphatic carbocycles. The van der Waals surface area contributed by atoms with E-state index in [1.54, 1.807) is 26.2 Å². The zero-order chi connectivity index (χ0) is 19.1. The maximum absolute atomic E-state index is 11.9. The van der Waals surface area contributed by atoms with E-state index in [4.69, 9.17) is 22.1 Å². The highest BCUT2D eigenvalue weighted by Crippen LogP contribution is 2.28. The van der Waals surface area contributed by atoms with Crippen LogP contribution in [0, 0.1) is 0 Å². The summed E-state index contributed by atoms with van der Waals surface area (Å²) in [5, 5.41) is 11.2. The lowest BCUT2D eigenvalue weighted by Crippen LogP contribution is -2.39. The van der Waals surface area contributed by atoms with Crippen LogP contribution in [0.15, 0.2) is 29.4 Å². The second-order valence-electron chi connectivity index (χ2n) is 5.42. The molecule has 0 aliphatic heterocycles. The predicted molar refractivity (Wildman–Crippen MR) is 100 cm³/mol. The number of rotatable bonds is 8. The number of amides is 3. The van der Waals surface area contributed by atoms with E-state index in [0.717, 1.165) is 12.0 Å². The van der Waals surface area contributed by atoms with E-state index in [-0.39, 0.29) is 0 Å². The van der Waals surface area contributed by atoms with Gasteiger partial charge in [0.15, 0.2) is 11.0 Å². The fourth-order valence-electron chi connectivity index (χ4n) is 2.19. The first kappa shape index (κ1) is 20.2. The van der Waals surface area contributed by atoms with Crippen LogP contribution < -0.4 is 11.1 Å². The third-order valence-electron chi connectivity index (χ3n) is 3.45. The Morgan fingerprint density at radius 2 is 2.04 bits per heavy atom. The molecular weight excluding hydrogens is 378 g/mol. The minimum absolute atomic E-state index is 0.484. The van der Waals surface area contributed by atoms with Gasteiger partial charge in [-0.3, -0.25) is 10.1 Å². The average molecular weight is 398 g/mol. The summed E-state index contributed by atoms with van der Waals surface area (Å²) in [6.45, 7) is 2.87. The van der Waals surface area contributed by atoms with E-state index in [0.29, 0.717) is 29.2 Å². The van der Waals surface area contributed by atoms with Gasteiger partial charge in [-0.05, 0) is 37.6 Å². The van der Waals surface area contributed by atoms with Gasteiger partial charge < -0.3 is 15.0 Å². The zero-order valence-electron chi connectivity index (χ0n) is 14.4. The van der Waals surface area contributed by atoms with Crippen LogP contribution in [0.5, 0.6) is 0 Å². The Bertz CT molecular complexity index is 766. The third kappa shape index (κ3) is 5.45. The molecule has 1 aromatic carbocycles. The topological polar surface area (TPSA) is 112 Å². The number of hydrogen-bond acceptors (Lipinski definition) is 6. The van der Waals surface area contributed by atoms with E-state index >= 15 is 0 Å². The summed E-state index contributed by atoms with van der Waals surface area (Å²) >= 11 is 7.15. The highest BCUT2D eigenvalue weighted by molar-refractivity contribution is 8.00. The summed E-state index contributed by atoms with van der Waals surface area (Å²) in [4.78, 5) is 22.8. The lowest BCUT2D eigenvalue weighted by Gasteiger charge is -2.13. The number of halogens is 1. The van der Waals surface area contributed by atoms with Crippen molar-refractivity contribution < 1.29 is 14.3 Å². The number of nitrogens with one attached hydrogen (secondary N) is 1. The molecule has 140 valence electrons. The molecular formula is C16H20ClN5O3S. The zero-order valence-corrected chi connectivity index (χ0v) is 16.0. The molecule has 3 amide bonds. The monoisotopic (exact) mass is 397 g/mol. The molecule has 1 atom stereocenters. The lowest BCUT2D eigenvalue weighted by molar-refractivity contribution is -0.119. The molecule has 0 radical (unpaired) electrons. The quantitative estimate of drug-likeness (QED) is 0.522. The van der Waals surface area contributed by atoms with Crippen molar-refractivity contribution in [2.75, 3.05) is 13.7 Å². The minimum atomic E-state index is -0.883. The fraction of sp³-hybridized carbons (Fsp3) is 0.375. The van der Waals surface area contributed by atoms with Gasteiger partial charge in [-0.1, -0.05) is 23.4 Å². The highest BCUT2D eigenvalue weighted by Gasteiger charge is 2.21. The molecule has 0 bridgehead atoms. The number of nitrogens with zero attached hydrogens (tertiary/aromatic N) is 3. The molecule has 0 fully saturated rings. The average Bonchev–Trinajstić information content (AvgIpc) is 2.98. The SMILES string of the molecule is COCCCn1c(S[C@@H](C)C(=O)NC(N)=O)nnc1-c1ccc(Cl)cc1. The van der Waals surface area contributed by atoms with Crippen molar-refractivity contribution in [3.63, 3.8) is 0 Å². The number of carbonyl (C=O) groups is 2. The van der Waals surface area contributed by atoms with Crippen molar-refractivity contribution in [1.82, 2.24) is 20.1 Å². The summed E-state index contributed by atoms with van der Waals surface area (Å²) < 4.78 is 7.03. The predicted octanol–water partition coefficient (Wildman–Crippen LogP) is 2.31. The van der Waals surface area contributed by atoms with Crippen molar-refractivity contribution in [2.24, 2.45) is 5.73 Å². The first-order valence-corrected chi connectivity index (χ1v) is 9.13. The van der Waals surface area contributed by atoms with Gasteiger partial charge in [0.25, 0.3) is 0 Å². The smallest absolute Gasteiger partial charge is 0.318 e. The largest absolute Gasteiger partial charge is 0.385 e. The summed E-state index contributed by atoms with van der Waals surface area (Å²) in [6.07, 6.45) is 0.755. The Morgan fingerprint density at radius 1 is 1.35 bits per heavy atom. The summed E-state index contributed by atoms with van der Waals surface area (Å²) in [5.74, 6) is 0.185. The number of nitrogens with two attached hydrogens (primary N) is 1. The Hall–Kier alpha value is -2.10. The number of primary amides is 1. The van der Waals surface area contributed by atoms with Crippen LogP contribution in [0.1, 0.15) is 13.3 Å². The molecule has 26 heavy (non-hydrogen) atoms. The second kappa shape index (κ2) is 9.56. The van der Waals surface area contributed by atoms with Gasteiger partial charge in [-0.15, -0.1) is 10.2 Å². The number of benzene rings is 1. The maximum Gasteiger partial charge on any atom is 0.318 e. The molecule has 2 aromatic rings. The third-order valence-corrected chi connectivity index (χ3v) is 4.78. The first-order valence-electron chi connectivity index (χ1n) is 7.87. The Kier molecular flexibility index (Phi) is 7.43. The molecule has 10 heteroatoms. The molecule has 1 heterocycles.